The SMILES string of the molecule is COc1ccc(CNC(=O)CSc2nc3ccccc3c(=O)n2CC(C)C)cc1. The summed E-state index contributed by atoms with van der Waals surface area (Å²) in [5.41, 5.74) is 1.58. The van der Waals surface area contributed by atoms with Crippen LogP contribution in [-0.4, -0.2) is 28.3 Å². The first-order valence-electron chi connectivity index (χ1n) is 9.50. The molecule has 0 aliphatic rings. The highest BCUT2D eigenvalue weighted by molar-refractivity contribution is 7.99. The molecule has 3 rings (SSSR count). The molecule has 0 aliphatic heterocycles. The van der Waals surface area contributed by atoms with Gasteiger partial charge in [-0.2, -0.15) is 0 Å². The Bertz CT molecular complexity index is 1050. The molecule has 0 atom stereocenters. The fraction of sp³-hybridized carbons (Fsp3) is 0.318. The molecule has 0 unspecified atom stereocenters. The van der Waals surface area contributed by atoms with Crippen molar-refractivity contribution in [3.8, 4) is 5.75 Å². The van der Waals surface area contributed by atoms with Crippen LogP contribution in [0.2, 0.25) is 0 Å². The zero-order chi connectivity index (χ0) is 20.8. The summed E-state index contributed by atoms with van der Waals surface area (Å²) in [6.45, 7) is 5.11. The summed E-state index contributed by atoms with van der Waals surface area (Å²) in [5, 5.41) is 4.07. The van der Waals surface area contributed by atoms with E-state index in [1.807, 2.05) is 42.5 Å². The highest BCUT2D eigenvalue weighted by Gasteiger charge is 2.14. The number of hydrogen-bond donors (Lipinski definition) is 1. The van der Waals surface area contributed by atoms with Crippen LogP contribution in [0.5, 0.6) is 5.75 Å². The number of hydrogen-bond acceptors (Lipinski definition) is 5. The van der Waals surface area contributed by atoms with Gasteiger partial charge in [0.15, 0.2) is 5.16 Å². The van der Waals surface area contributed by atoms with Crippen molar-refractivity contribution in [1.82, 2.24) is 14.9 Å². The van der Waals surface area contributed by atoms with Gasteiger partial charge in [0.05, 0.1) is 23.8 Å². The summed E-state index contributed by atoms with van der Waals surface area (Å²) in [7, 11) is 1.62. The van der Waals surface area contributed by atoms with Gasteiger partial charge < -0.3 is 10.1 Å². The normalized spacial score (nSPS) is 11.0. The molecule has 3 aromatic rings. The lowest BCUT2D eigenvalue weighted by Crippen LogP contribution is -2.27. The molecule has 0 fully saturated rings. The summed E-state index contributed by atoms with van der Waals surface area (Å²) < 4.78 is 6.81. The average molecular weight is 412 g/mol. The van der Waals surface area contributed by atoms with Gasteiger partial charge in [-0.25, -0.2) is 4.98 Å². The number of fused-ring (bicyclic) bond motifs is 1. The van der Waals surface area contributed by atoms with Gasteiger partial charge in [0.1, 0.15) is 5.75 Å². The molecule has 7 heteroatoms. The van der Waals surface area contributed by atoms with Crippen molar-refractivity contribution in [3.05, 3.63) is 64.4 Å². The fourth-order valence-electron chi connectivity index (χ4n) is 2.91. The van der Waals surface area contributed by atoms with Gasteiger partial charge in [0.2, 0.25) is 5.91 Å². The first-order chi connectivity index (χ1) is 14.0. The fourth-order valence-corrected chi connectivity index (χ4v) is 3.75. The van der Waals surface area contributed by atoms with Gasteiger partial charge in [-0.3, -0.25) is 14.2 Å². The molecule has 1 amide bonds. The van der Waals surface area contributed by atoms with Crippen molar-refractivity contribution < 1.29 is 9.53 Å². The van der Waals surface area contributed by atoms with E-state index in [0.717, 1.165) is 11.3 Å². The average Bonchev–Trinajstić information content (AvgIpc) is 2.73. The molecule has 0 aliphatic carbocycles. The topological polar surface area (TPSA) is 73.2 Å². The summed E-state index contributed by atoms with van der Waals surface area (Å²) >= 11 is 1.29. The van der Waals surface area contributed by atoms with Crippen LogP contribution in [0.4, 0.5) is 0 Å². The molecule has 6 nitrogen and oxygen atoms in total. The van der Waals surface area contributed by atoms with Crippen LogP contribution in [0, 0.1) is 5.92 Å². The molecule has 152 valence electrons. The number of ether oxygens (including phenoxy) is 1. The Kier molecular flexibility index (Phi) is 6.93. The van der Waals surface area contributed by atoms with E-state index in [1.165, 1.54) is 11.8 Å². The van der Waals surface area contributed by atoms with Crippen molar-refractivity contribution in [2.75, 3.05) is 12.9 Å². The largest absolute Gasteiger partial charge is 0.497 e. The van der Waals surface area contributed by atoms with Crippen LogP contribution in [0.3, 0.4) is 0 Å². The van der Waals surface area contributed by atoms with Gasteiger partial charge in [-0.05, 0) is 35.7 Å². The Morgan fingerprint density at radius 1 is 1.17 bits per heavy atom. The Labute approximate surface area is 174 Å². The molecule has 0 spiro atoms. The number of nitrogens with zero attached hydrogens (tertiary/aromatic N) is 2. The Balaban J connectivity index is 1.69. The lowest BCUT2D eigenvalue weighted by atomic mass is 10.2. The van der Waals surface area contributed by atoms with E-state index < -0.39 is 0 Å². The Morgan fingerprint density at radius 2 is 1.90 bits per heavy atom. The smallest absolute Gasteiger partial charge is 0.262 e. The van der Waals surface area contributed by atoms with Crippen LogP contribution in [0.25, 0.3) is 10.9 Å². The van der Waals surface area contributed by atoms with Crippen molar-refractivity contribution in [2.45, 2.75) is 32.1 Å². The first-order valence-corrected chi connectivity index (χ1v) is 10.5. The third-order valence-electron chi connectivity index (χ3n) is 4.36. The molecule has 0 radical (unpaired) electrons. The second-order valence-electron chi connectivity index (χ2n) is 7.13. The molecule has 1 N–H and O–H groups in total. The number of carbonyl (C=O) groups excluding carboxylic acids is 1. The first kappa shape index (κ1) is 20.9. The molecule has 2 aromatic carbocycles. The second-order valence-corrected chi connectivity index (χ2v) is 8.08. The molecule has 1 aromatic heterocycles. The van der Waals surface area contributed by atoms with Crippen molar-refractivity contribution in [3.63, 3.8) is 0 Å². The zero-order valence-corrected chi connectivity index (χ0v) is 17.7. The highest BCUT2D eigenvalue weighted by atomic mass is 32.2. The maximum absolute atomic E-state index is 12.9. The van der Waals surface area contributed by atoms with Crippen LogP contribution in [0.1, 0.15) is 19.4 Å². The number of carbonyl (C=O) groups is 1. The van der Waals surface area contributed by atoms with Gasteiger partial charge in [-0.15, -0.1) is 0 Å². The van der Waals surface area contributed by atoms with E-state index in [-0.39, 0.29) is 17.2 Å². The number of aromatic nitrogens is 2. The van der Waals surface area contributed by atoms with Crippen LogP contribution >= 0.6 is 11.8 Å². The van der Waals surface area contributed by atoms with E-state index in [9.17, 15) is 9.59 Å². The summed E-state index contributed by atoms with van der Waals surface area (Å²) in [6.07, 6.45) is 0. The predicted octanol–water partition coefficient (Wildman–Crippen LogP) is 3.47. The van der Waals surface area contributed by atoms with Gasteiger partial charge in [0, 0.05) is 13.1 Å². The lowest BCUT2D eigenvalue weighted by molar-refractivity contribution is -0.118. The van der Waals surface area contributed by atoms with Crippen LogP contribution in [-0.2, 0) is 17.9 Å². The summed E-state index contributed by atoms with van der Waals surface area (Å²) in [4.78, 5) is 29.8. The molecule has 0 bridgehead atoms. The number of amides is 1. The minimum atomic E-state index is -0.107. The standard InChI is InChI=1S/C22H25N3O3S/c1-15(2)13-25-21(27)18-6-4-5-7-19(18)24-22(25)29-14-20(26)23-12-16-8-10-17(28-3)11-9-16/h4-11,15H,12-14H2,1-3H3,(H,23,26). The molecule has 1 heterocycles. The Hall–Kier alpha value is -2.80. The number of nitrogens with one attached hydrogen (secondary N) is 1. The molecular weight excluding hydrogens is 386 g/mol. The van der Waals surface area contributed by atoms with Gasteiger partial charge >= 0.3 is 0 Å². The predicted molar refractivity (Wildman–Crippen MR) is 116 cm³/mol. The minimum absolute atomic E-state index is 0.0644. The van der Waals surface area contributed by atoms with E-state index in [2.05, 4.69) is 24.1 Å². The molecule has 0 saturated heterocycles. The number of thioether (sulfide) groups is 1. The Morgan fingerprint density at radius 3 is 2.59 bits per heavy atom. The maximum atomic E-state index is 12.9. The van der Waals surface area contributed by atoms with E-state index in [4.69, 9.17) is 4.74 Å². The van der Waals surface area contributed by atoms with Crippen molar-refractivity contribution in [1.29, 1.82) is 0 Å². The van der Waals surface area contributed by atoms with Crippen LogP contribution in [0.15, 0.2) is 58.5 Å². The van der Waals surface area contributed by atoms with Crippen LogP contribution < -0.4 is 15.6 Å². The van der Waals surface area contributed by atoms with Gasteiger partial charge in [-0.1, -0.05) is 49.9 Å². The third kappa shape index (κ3) is 5.38. The lowest BCUT2D eigenvalue weighted by Gasteiger charge is -2.15. The third-order valence-corrected chi connectivity index (χ3v) is 5.33. The highest BCUT2D eigenvalue weighted by Crippen LogP contribution is 2.19. The van der Waals surface area contributed by atoms with Gasteiger partial charge in [0.25, 0.3) is 5.56 Å². The van der Waals surface area contributed by atoms with E-state index in [0.29, 0.717) is 35.1 Å². The number of rotatable bonds is 8. The number of methoxy groups -OCH3 is 1. The molecular formula is C22H25N3O3S. The van der Waals surface area contributed by atoms with Crippen molar-refractivity contribution in [2.24, 2.45) is 5.92 Å². The van der Waals surface area contributed by atoms with E-state index in [1.54, 1.807) is 17.7 Å². The monoisotopic (exact) mass is 411 g/mol. The molecule has 29 heavy (non-hydrogen) atoms. The molecule has 0 saturated carbocycles. The number of para-hydroxylation sites is 1. The van der Waals surface area contributed by atoms with Crippen molar-refractivity contribution >= 4 is 28.6 Å². The summed E-state index contributed by atoms with van der Waals surface area (Å²) in [5.74, 6) is 1.16. The quantitative estimate of drug-likeness (QED) is 0.454. The maximum Gasteiger partial charge on any atom is 0.262 e. The zero-order valence-electron chi connectivity index (χ0n) is 16.8. The second kappa shape index (κ2) is 9.60. The number of benzene rings is 2. The summed E-state index contributed by atoms with van der Waals surface area (Å²) in [6, 6.07) is 14.9. The van der Waals surface area contributed by atoms with E-state index >= 15 is 0 Å². The minimum Gasteiger partial charge on any atom is -0.497 e.